The van der Waals surface area contributed by atoms with Crippen molar-refractivity contribution in [2.75, 3.05) is 5.73 Å². The molecule has 1 heterocycles. The Bertz CT molecular complexity index is 382. The van der Waals surface area contributed by atoms with Crippen LogP contribution in [0, 0.1) is 6.92 Å². The molecule has 3 nitrogen and oxygen atoms in total. The van der Waals surface area contributed by atoms with E-state index in [1.807, 2.05) is 0 Å². The van der Waals surface area contributed by atoms with Gasteiger partial charge in [0.25, 0.3) is 11.7 Å². The number of carbonyl (C=O) groups is 1. The number of rotatable bonds is 2. The molecule has 0 radical (unpaired) electrons. The third kappa shape index (κ3) is 1.98. The first-order valence-electron chi connectivity index (χ1n) is 3.68. The standard InChI is InChI=1S/C8H7ClF2N2O/c1-3-2-4(6(9)14)8(12)13-5(3)7(10)11/h2,7H,1H3,(H2,12,13). The van der Waals surface area contributed by atoms with Crippen LogP contribution in [-0.2, 0) is 0 Å². The number of nitrogens with zero attached hydrogens (tertiary/aromatic N) is 1. The Hall–Kier alpha value is -1.23. The molecule has 0 aliphatic carbocycles. The fourth-order valence-corrected chi connectivity index (χ4v) is 1.17. The van der Waals surface area contributed by atoms with E-state index in [0.29, 0.717) is 0 Å². The number of aryl methyl sites for hydroxylation is 1. The van der Waals surface area contributed by atoms with Gasteiger partial charge in [0.1, 0.15) is 11.5 Å². The normalized spacial score (nSPS) is 10.6. The number of halogens is 3. The molecule has 0 spiro atoms. The minimum atomic E-state index is -2.71. The highest BCUT2D eigenvalue weighted by molar-refractivity contribution is 6.68. The van der Waals surface area contributed by atoms with Crippen molar-refractivity contribution < 1.29 is 13.6 Å². The third-order valence-electron chi connectivity index (χ3n) is 1.70. The van der Waals surface area contributed by atoms with Crippen LogP contribution in [0.4, 0.5) is 14.6 Å². The molecule has 0 bridgehead atoms. The van der Waals surface area contributed by atoms with Gasteiger partial charge in [0.15, 0.2) is 0 Å². The minimum absolute atomic E-state index is 0.0476. The van der Waals surface area contributed by atoms with Gasteiger partial charge in [-0.25, -0.2) is 13.8 Å². The molecule has 0 aliphatic rings. The van der Waals surface area contributed by atoms with Gasteiger partial charge in [-0.05, 0) is 30.2 Å². The molecular weight excluding hydrogens is 214 g/mol. The molecule has 1 aromatic heterocycles. The summed E-state index contributed by atoms with van der Waals surface area (Å²) in [6.45, 7) is 1.41. The number of hydrogen-bond acceptors (Lipinski definition) is 3. The fourth-order valence-electron chi connectivity index (χ4n) is 1.02. The molecule has 0 amide bonds. The van der Waals surface area contributed by atoms with E-state index >= 15 is 0 Å². The molecule has 6 heteroatoms. The molecule has 0 saturated heterocycles. The Morgan fingerprint density at radius 3 is 2.64 bits per heavy atom. The third-order valence-corrected chi connectivity index (χ3v) is 1.90. The first-order chi connectivity index (χ1) is 6.43. The van der Waals surface area contributed by atoms with Crippen LogP contribution in [0.25, 0.3) is 0 Å². The second-order valence-corrected chi connectivity index (χ2v) is 3.04. The summed E-state index contributed by atoms with van der Waals surface area (Å²) < 4.78 is 24.6. The molecule has 0 aromatic carbocycles. The Kier molecular flexibility index (Phi) is 3.00. The zero-order valence-electron chi connectivity index (χ0n) is 7.22. The number of alkyl halides is 2. The molecule has 0 saturated carbocycles. The maximum atomic E-state index is 12.3. The van der Waals surface area contributed by atoms with Gasteiger partial charge in [-0.3, -0.25) is 4.79 Å². The van der Waals surface area contributed by atoms with Crippen LogP contribution in [0.3, 0.4) is 0 Å². The highest BCUT2D eigenvalue weighted by Gasteiger charge is 2.17. The molecule has 76 valence electrons. The van der Waals surface area contributed by atoms with Crippen molar-refractivity contribution in [3.8, 4) is 0 Å². The number of nitrogen functional groups attached to an aromatic ring is 1. The molecule has 1 rings (SSSR count). The summed E-state index contributed by atoms with van der Waals surface area (Å²) >= 11 is 5.17. The van der Waals surface area contributed by atoms with Crippen LogP contribution in [0.2, 0.25) is 0 Å². The van der Waals surface area contributed by atoms with E-state index in [9.17, 15) is 13.6 Å². The van der Waals surface area contributed by atoms with Crippen LogP contribution in [0.1, 0.15) is 28.0 Å². The second kappa shape index (κ2) is 3.88. The van der Waals surface area contributed by atoms with E-state index in [0.717, 1.165) is 0 Å². The van der Waals surface area contributed by atoms with Crippen LogP contribution in [0.5, 0.6) is 0 Å². The van der Waals surface area contributed by atoms with Crippen molar-refractivity contribution in [1.82, 2.24) is 4.98 Å². The van der Waals surface area contributed by atoms with Gasteiger partial charge in [0.2, 0.25) is 0 Å². The lowest BCUT2D eigenvalue weighted by atomic mass is 10.1. The zero-order valence-corrected chi connectivity index (χ0v) is 7.98. The van der Waals surface area contributed by atoms with Crippen LogP contribution < -0.4 is 5.73 Å². The summed E-state index contributed by atoms with van der Waals surface area (Å²) in [4.78, 5) is 14.2. The molecule has 0 fully saturated rings. The second-order valence-electron chi connectivity index (χ2n) is 2.70. The monoisotopic (exact) mass is 220 g/mol. The SMILES string of the molecule is Cc1cc(C(=O)Cl)c(N)nc1C(F)F. The number of nitrogens with two attached hydrogens (primary N) is 1. The van der Waals surface area contributed by atoms with Crippen molar-refractivity contribution in [2.45, 2.75) is 13.3 Å². The van der Waals surface area contributed by atoms with Crippen molar-refractivity contribution in [2.24, 2.45) is 0 Å². The highest BCUT2D eigenvalue weighted by atomic mass is 35.5. The predicted molar refractivity (Wildman–Crippen MR) is 48.5 cm³/mol. The van der Waals surface area contributed by atoms with Gasteiger partial charge in [0.05, 0.1) is 5.56 Å². The maximum absolute atomic E-state index is 12.3. The Labute approximate surface area is 83.9 Å². The van der Waals surface area contributed by atoms with Gasteiger partial charge >= 0.3 is 0 Å². The van der Waals surface area contributed by atoms with E-state index in [2.05, 4.69) is 4.98 Å². The average molecular weight is 221 g/mol. The molecular formula is C8H7ClF2N2O. The van der Waals surface area contributed by atoms with Crippen molar-refractivity contribution in [3.05, 3.63) is 22.9 Å². The molecule has 2 N–H and O–H groups in total. The Morgan fingerprint density at radius 2 is 2.21 bits per heavy atom. The van der Waals surface area contributed by atoms with Gasteiger partial charge in [-0.15, -0.1) is 0 Å². The lowest BCUT2D eigenvalue weighted by molar-refractivity contribution is 0.108. The highest BCUT2D eigenvalue weighted by Crippen LogP contribution is 2.24. The Balaban J connectivity index is 3.31. The van der Waals surface area contributed by atoms with Crippen LogP contribution in [0.15, 0.2) is 6.07 Å². The smallest absolute Gasteiger partial charge is 0.280 e. The fraction of sp³-hybridized carbons (Fsp3) is 0.250. The Morgan fingerprint density at radius 1 is 1.64 bits per heavy atom. The maximum Gasteiger partial charge on any atom is 0.280 e. The molecule has 0 unspecified atom stereocenters. The minimum Gasteiger partial charge on any atom is -0.383 e. The summed E-state index contributed by atoms with van der Waals surface area (Å²) in [6, 6.07) is 1.21. The van der Waals surface area contributed by atoms with Gasteiger partial charge in [-0.2, -0.15) is 0 Å². The number of aromatic nitrogens is 1. The van der Waals surface area contributed by atoms with E-state index in [4.69, 9.17) is 17.3 Å². The van der Waals surface area contributed by atoms with E-state index in [1.165, 1.54) is 13.0 Å². The summed E-state index contributed by atoms with van der Waals surface area (Å²) in [5, 5.41) is -0.807. The summed E-state index contributed by atoms with van der Waals surface area (Å²) in [6.07, 6.45) is -2.71. The van der Waals surface area contributed by atoms with Gasteiger partial charge < -0.3 is 5.73 Å². The lowest BCUT2D eigenvalue weighted by Gasteiger charge is -2.07. The molecule has 14 heavy (non-hydrogen) atoms. The number of hydrogen-bond donors (Lipinski definition) is 1. The molecule has 1 aromatic rings. The van der Waals surface area contributed by atoms with Crippen LogP contribution >= 0.6 is 11.6 Å². The number of carbonyl (C=O) groups excluding carboxylic acids is 1. The van der Waals surface area contributed by atoms with Crippen LogP contribution in [-0.4, -0.2) is 10.2 Å². The number of pyridine rings is 1. The topological polar surface area (TPSA) is 56.0 Å². The quantitative estimate of drug-likeness (QED) is 0.778. The van der Waals surface area contributed by atoms with E-state index in [-0.39, 0.29) is 16.9 Å². The molecule has 0 aliphatic heterocycles. The largest absolute Gasteiger partial charge is 0.383 e. The van der Waals surface area contributed by atoms with Crippen molar-refractivity contribution >= 4 is 22.7 Å². The van der Waals surface area contributed by atoms with Crippen molar-refractivity contribution in [1.29, 1.82) is 0 Å². The average Bonchev–Trinajstić information content (AvgIpc) is 2.07. The first-order valence-corrected chi connectivity index (χ1v) is 4.06. The van der Waals surface area contributed by atoms with Gasteiger partial charge in [-0.1, -0.05) is 0 Å². The summed E-state index contributed by atoms with van der Waals surface area (Å²) in [7, 11) is 0. The van der Waals surface area contributed by atoms with E-state index < -0.39 is 17.4 Å². The summed E-state index contributed by atoms with van der Waals surface area (Å²) in [5.74, 6) is -0.272. The predicted octanol–water partition coefficient (Wildman–Crippen LogP) is 2.29. The van der Waals surface area contributed by atoms with E-state index in [1.54, 1.807) is 0 Å². The first kappa shape index (κ1) is 10.8. The molecule has 0 atom stereocenters. The lowest BCUT2D eigenvalue weighted by Crippen LogP contribution is -2.05. The van der Waals surface area contributed by atoms with Gasteiger partial charge in [0, 0.05) is 0 Å². The summed E-state index contributed by atoms with van der Waals surface area (Å²) in [5.41, 5.74) is 5.00. The van der Waals surface area contributed by atoms with Crippen molar-refractivity contribution in [3.63, 3.8) is 0 Å². The zero-order chi connectivity index (χ0) is 10.9. The number of anilines is 1.